The summed E-state index contributed by atoms with van der Waals surface area (Å²) in [6.45, 7) is 8.47. The molecule has 0 amide bonds. The van der Waals surface area contributed by atoms with Crippen LogP contribution >= 0.6 is 22.7 Å². The van der Waals surface area contributed by atoms with Crippen molar-refractivity contribution in [2.24, 2.45) is 10.9 Å². The van der Waals surface area contributed by atoms with E-state index >= 15 is 0 Å². The van der Waals surface area contributed by atoms with Gasteiger partial charge in [0.15, 0.2) is 5.96 Å². The highest BCUT2D eigenvalue weighted by Gasteiger charge is 2.25. The molecule has 1 aliphatic heterocycles. The van der Waals surface area contributed by atoms with Gasteiger partial charge >= 0.3 is 0 Å². The van der Waals surface area contributed by atoms with Crippen molar-refractivity contribution < 1.29 is 0 Å². The smallest absolute Gasteiger partial charge is 0.191 e. The van der Waals surface area contributed by atoms with Crippen LogP contribution in [0.25, 0.3) is 0 Å². The molecule has 0 spiro atoms. The Morgan fingerprint density at radius 2 is 2.19 bits per heavy atom. The third-order valence-electron chi connectivity index (χ3n) is 5.17. The minimum atomic E-state index is 0.405. The number of nitrogens with one attached hydrogen (secondary N) is 2. The first-order chi connectivity index (χ1) is 13.2. The quantitative estimate of drug-likeness (QED) is 0.542. The standard InChI is InChI=1S/C20H31N5S2/c1-4-16-12-22-19(27-16)14-24-20(21-3)23-13-17(18-6-5-11-26-18)25-9-7-15(2)8-10-25/h5-6,11-12,15,17H,4,7-10,13-14H2,1-3H3,(H2,21,23,24). The zero-order valence-corrected chi connectivity index (χ0v) is 18.2. The maximum atomic E-state index is 4.48. The third kappa shape index (κ3) is 5.77. The van der Waals surface area contributed by atoms with Crippen molar-refractivity contribution >= 4 is 28.6 Å². The Labute approximate surface area is 170 Å². The van der Waals surface area contributed by atoms with Crippen LogP contribution in [0.2, 0.25) is 0 Å². The van der Waals surface area contributed by atoms with Gasteiger partial charge in [-0.2, -0.15) is 0 Å². The summed E-state index contributed by atoms with van der Waals surface area (Å²) in [6, 6.07) is 4.82. The van der Waals surface area contributed by atoms with E-state index in [9.17, 15) is 0 Å². The molecule has 2 N–H and O–H groups in total. The van der Waals surface area contributed by atoms with Crippen molar-refractivity contribution in [2.75, 3.05) is 26.7 Å². The molecule has 1 saturated heterocycles. The topological polar surface area (TPSA) is 52.6 Å². The van der Waals surface area contributed by atoms with Crippen LogP contribution in [-0.4, -0.2) is 42.5 Å². The van der Waals surface area contributed by atoms with Crippen molar-refractivity contribution in [3.8, 4) is 0 Å². The molecule has 0 bridgehead atoms. The van der Waals surface area contributed by atoms with Gasteiger partial charge in [0.1, 0.15) is 5.01 Å². The van der Waals surface area contributed by atoms with Gasteiger partial charge in [-0.25, -0.2) is 4.98 Å². The van der Waals surface area contributed by atoms with E-state index in [0.717, 1.165) is 36.4 Å². The minimum absolute atomic E-state index is 0.405. The van der Waals surface area contributed by atoms with Crippen molar-refractivity contribution in [3.05, 3.63) is 38.5 Å². The monoisotopic (exact) mass is 405 g/mol. The van der Waals surface area contributed by atoms with Crippen LogP contribution in [0, 0.1) is 5.92 Å². The number of thiophene rings is 1. The van der Waals surface area contributed by atoms with Crippen LogP contribution in [0.3, 0.4) is 0 Å². The molecule has 1 atom stereocenters. The summed E-state index contributed by atoms with van der Waals surface area (Å²) in [5, 5.41) is 10.2. The lowest BCUT2D eigenvalue weighted by Crippen LogP contribution is -2.44. The van der Waals surface area contributed by atoms with E-state index in [1.54, 1.807) is 11.3 Å². The van der Waals surface area contributed by atoms with Crippen molar-refractivity contribution in [1.82, 2.24) is 20.5 Å². The summed E-state index contributed by atoms with van der Waals surface area (Å²) in [5.41, 5.74) is 0. The predicted octanol–water partition coefficient (Wildman–Crippen LogP) is 3.91. The van der Waals surface area contributed by atoms with Gasteiger partial charge in [-0.15, -0.1) is 22.7 Å². The number of hydrogen-bond acceptors (Lipinski definition) is 5. The fourth-order valence-corrected chi connectivity index (χ4v) is 5.06. The molecule has 2 aromatic rings. The molecule has 1 unspecified atom stereocenters. The average molecular weight is 406 g/mol. The van der Waals surface area contributed by atoms with E-state index < -0.39 is 0 Å². The molecule has 3 rings (SSSR count). The van der Waals surface area contributed by atoms with E-state index in [1.165, 1.54) is 35.7 Å². The lowest BCUT2D eigenvalue weighted by atomic mass is 9.97. The molecule has 7 heteroatoms. The summed E-state index contributed by atoms with van der Waals surface area (Å²) >= 11 is 3.62. The molecular weight excluding hydrogens is 374 g/mol. The van der Waals surface area contributed by atoms with Gasteiger partial charge in [0.05, 0.1) is 12.6 Å². The third-order valence-corrected chi connectivity index (χ3v) is 7.29. The van der Waals surface area contributed by atoms with E-state index in [0.29, 0.717) is 6.04 Å². The normalized spacial score (nSPS) is 17.8. The summed E-state index contributed by atoms with van der Waals surface area (Å²) in [7, 11) is 1.83. The molecular formula is C20H31N5S2. The summed E-state index contributed by atoms with van der Waals surface area (Å²) < 4.78 is 0. The fraction of sp³-hybridized carbons (Fsp3) is 0.600. The summed E-state index contributed by atoms with van der Waals surface area (Å²) in [6.07, 6.45) is 5.60. The van der Waals surface area contributed by atoms with Crippen LogP contribution in [-0.2, 0) is 13.0 Å². The number of guanidine groups is 1. The minimum Gasteiger partial charge on any atom is -0.354 e. The maximum Gasteiger partial charge on any atom is 0.191 e. The second kappa shape index (κ2) is 10.2. The van der Waals surface area contributed by atoms with Gasteiger partial charge in [0.25, 0.3) is 0 Å². The number of hydrogen-bond donors (Lipinski definition) is 2. The van der Waals surface area contributed by atoms with Gasteiger partial charge in [-0.3, -0.25) is 9.89 Å². The van der Waals surface area contributed by atoms with Crippen molar-refractivity contribution in [1.29, 1.82) is 0 Å². The average Bonchev–Trinajstić information content (AvgIpc) is 3.37. The molecule has 0 aliphatic carbocycles. The van der Waals surface area contributed by atoms with Crippen LogP contribution in [0.4, 0.5) is 0 Å². The van der Waals surface area contributed by atoms with E-state index in [1.807, 2.05) is 24.6 Å². The first kappa shape index (κ1) is 20.3. The Morgan fingerprint density at radius 3 is 2.81 bits per heavy atom. The molecule has 5 nitrogen and oxygen atoms in total. The Balaban J connectivity index is 1.56. The number of piperidine rings is 1. The first-order valence-corrected chi connectivity index (χ1v) is 11.5. The van der Waals surface area contributed by atoms with Crippen LogP contribution in [0.5, 0.6) is 0 Å². The van der Waals surface area contributed by atoms with E-state index in [2.05, 4.69) is 56.9 Å². The second-order valence-corrected chi connectivity index (χ2v) is 9.31. The predicted molar refractivity (Wildman–Crippen MR) is 117 cm³/mol. The van der Waals surface area contributed by atoms with Gasteiger partial charge in [0.2, 0.25) is 0 Å². The Bertz CT molecular complexity index is 702. The van der Waals surface area contributed by atoms with Crippen LogP contribution < -0.4 is 10.6 Å². The molecule has 1 aliphatic rings. The Hall–Kier alpha value is -1.44. The Morgan fingerprint density at radius 1 is 1.37 bits per heavy atom. The highest BCUT2D eigenvalue weighted by Crippen LogP contribution is 2.29. The van der Waals surface area contributed by atoms with Crippen LogP contribution in [0.1, 0.15) is 47.5 Å². The molecule has 0 aromatic carbocycles. The second-order valence-electron chi connectivity index (χ2n) is 7.13. The summed E-state index contributed by atoms with van der Waals surface area (Å²) in [5.74, 6) is 1.69. The number of aliphatic imine (C=N–C) groups is 1. The molecule has 2 aromatic heterocycles. The zero-order chi connectivity index (χ0) is 19.1. The number of aryl methyl sites for hydroxylation is 1. The zero-order valence-electron chi connectivity index (χ0n) is 16.6. The lowest BCUT2D eigenvalue weighted by Gasteiger charge is -2.36. The molecule has 27 heavy (non-hydrogen) atoms. The molecule has 1 fully saturated rings. The van der Waals surface area contributed by atoms with E-state index in [4.69, 9.17) is 0 Å². The number of nitrogens with zero attached hydrogens (tertiary/aromatic N) is 3. The van der Waals surface area contributed by atoms with Gasteiger partial charge in [-0.1, -0.05) is 19.9 Å². The Kier molecular flexibility index (Phi) is 7.67. The number of thiazole rings is 1. The summed E-state index contributed by atoms with van der Waals surface area (Å²) in [4.78, 5) is 14.3. The van der Waals surface area contributed by atoms with Crippen LogP contribution in [0.15, 0.2) is 28.7 Å². The number of rotatable bonds is 7. The lowest BCUT2D eigenvalue weighted by molar-refractivity contribution is 0.140. The highest BCUT2D eigenvalue weighted by atomic mass is 32.1. The van der Waals surface area contributed by atoms with E-state index in [-0.39, 0.29) is 0 Å². The maximum absolute atomic E-state index is 4.48. The van der Waals surface area contributed by atoms with Gasteiger partial charge in [0, 0.05) is 29.5 Å². The van der Waals surface area contributed by atoms with Crippen molar-refractivity contribution in [3.63, 3.8) is 0 Å². The van der Waals surface area contributed by atoms with Crippen molar-refractivity contribution in [2.45, 2.75) is 45.7 Å². The molecule has 0 saturated carbocycles. The van der Waals surface area contributed by atoms with Gasteiger partial charge in [-0.05, 0) is 49.7 Å². The fourth-order valence-electron chi connectivity index (χ4n) is 3.40. The first-order valence-electron chi connectivity index (χ1n) is 9.85. The molecule has 0 radical (unpaired) electrons. The van der Waals surface area contributed by atoms with Gasteiger partial charge < -0.3 is 10.6 Å². The molecule has 148 valence electrons. The SMILES string of the molecule is CCc1cnc(CNC(=NC)NCC(c2cccs2)N2CCC(C)CC2)s1. The molecule has 3 heterocycles. The highest BCUT2D eigenvalue weighted by molar-refractivity contribution is 7.11. The largest absolute Gasteiger partial charge is 0.354 e. The number of aromatic nitrogens is 1. The number of likely N-dealkylation sites (tertiary alicyclic amines) is 1.